The summed E-state index contributed by atoms with van der Waals surface area (Å²) in [6.45, 7) is 13.8. The van der Waals surface area contributed by atoms with Crippen molar-refractivity contribution in [3.63, 3.8) is 0 Å². The first-order valence-electron chi connectivity index (χ1n) is 10.7. The van der Waals surface area contributed by atoms with E-state index in [4.69, 9.17) is 4.74 Å². The van der Waals surface area contributed by atoms with Crippen LogP contribution in [0.15, 0.2) is 52.2 Å². The number of nitrogens with one attached hydrogen (secondary N) is 1. The molecule has 5 heteroatoms. The molecule has 3 aromatic rings. The van der Waals surface area contributed by atoms with Crippen molar-refractivity contribution in [3.05, 3.63) is 96.8 Å². The van der Waals surface area contributed by atoms with E-state index in [0.717, 1.165) is 17.7 Å². The zero-order valence-corrected chi connectivity index (χ0v) is 19.3. The molecule has 0 saturated carbocycles. The van der Waals surface area contributed by atoms with Crippen LogP contribution in [0, 0.1) is 20.8 Å². The SMILES string of the molecule is Cc1ccc(OCCn2ccc(=O)[nH]c2=O)c(Cc2cc(C(C)(C)C)cc(C)c2C)c1. The number of aryl methyl sites for hydroxylation is 2. The molecule has 2 aromatic carbocycles. The average Bonchev–Trinajstić information content (AvgIpc) is 2.67. The molecule has 1 heterocycles. The van der Waals surface area contributed by atoms with Gasteiger partial charge in [0.2, 0.25) is 0 Å². The third-order valence-corrected chi connectivity index (χ3v) is 5.72. The lowest BCUT2D eigenvalue weighted by molar-refractivity contribution is 0.292. The van der Waals surface area contributed by atoms with Crippen LogP contribution in [-0.4, -0.2) is 16.2 Å². The maximum Gasteiger partial charge on any atom is 0.328 e. The Kier molecular flexibility index (Phi) is 6.54. The molecule has 0 bridgehead atoms. The van der Waals surface area contributed by atoms with E-state index in [9.17, 15) is 9.59 Å². The molecule has 3 rings (SSSR count). The van der Waals surface area contributed by atoms with Crippen molar-refractivity contribution < 1.29 is 4.74 Å². The lowest BCUT2D eigenvalue weighted by Crippen LogP contribution is -2.30. The number of hydrogen-bond donors (Lipinski definition) is 1. The van der Waals surface area contributed by atoms with Crippen LogP contribution in [0.4, 0.5) is 0 Å². The lowest BCUT2D eigenvalue weighted by atomic mass is 9.83. The number of ether oxygens (including phenoxy) is 1. The minimum Gasteiger partial charge on any atom is -0.491 e. The molecule has 31 heavy (non-hydrogen) atoms. The van der Waals surface area contributed by atoms with Crippen molar-refractivity contribution in [2.24, 2.45) is 0 Å². The third-order valence-electron chi connectivity index (χ3n) is 5.72. The molecule has 0 fully saturated rings. The van der Waals surface area contributed by atoms with Crippen LogP contribution < -0.4 is 16.0 Å². The zero-order chi connectivity index (χ0) is 22.8. The molecule has 1 N–H and O–H groups in total. The second kappa shape index (κ2) is 8.96. The Morgan fingerprint density at radius 2 is 1.71 bits per heavy atom. The molecular weight excluding hydrogens is 388 g/mol. The summed E-state index contributed by atoms with van der Waals surface area (Å²) >= 11 is 0. The van der Waals surface area contributed by atoms with Crippen LogP contribution in [0.5, 0.6) is 5.75 Å². The largest absolute Gasteiger partial charge is 0.491 e. The van der Waals surface area contributed by atoms with E-state index >= 15 is 0 Å². The monoisotopic (exact) mass is 420 g/mol. The second-order valence-electron chi connectivity index (χ2n) is 9.27. The predicted octanol–water partition coefficient (Wildman–Crippen LogP) is 4.43. The van der Waals surface area contributed by atoms with E-state index in [2.05, 4.69) is 64.7 Å². The van der Waals surface area contributed by atoms with E-state index in [0.29, 0.717) is 13.2 Å². The summed E-state index contributed by atoms with van der Waals surface area (Å²) in [5.41, 5.74) is 6.81. The number of H-pyrrole nitrogens is 1. The number of benzene rings is 2. The van der Waals surface area contributed by atoms with Gasteiger partial charge in [-0.05, 0) is 60.1 Å². The van der Waals surface area contributed by atoms with Gasteiger partial charge >= 0.3 is 5.69 Å². The van der Waals surface area contributed by atoms with Gasteiger partial charge in [0.25, 0.3) is 5.56 Å². The van der Waals surface area contributed by atoms with Gasteiger partial charge in [0.05, 0.1) is 6.54 Å². The van der Waals surface area contributed by atoms with Gasteiger partial charge in [-0.2, -0.15) is 0 Å². The van der Waals surface area contributed by atoms with E-state index < -0.39 is 11.2 Å². The lowest BCUT2D eigenvalue weighted by Gasteiger charge is -2.23. The zero-order valence-electron chi connectivity index (χ0n) is 19.3. The molecule has 5 nitrogen and oxygen atoms in total. The fraction of sp³-hybridized carbons (Fsp3) is 0.385. The number of aromatic nitrogens is 2. The highest BCUT2D eigenvalue weighted by Gasteiger charge is 2.17. The Morgan fingerprint density at radius 1 is 0.968 bits per heavy atom. The average molecular weight is 421 g/mol. The molecular formula is C26H32N2O3. The van der Waals surface area contributed by atoms with Gasteiger partial charge < -0.3 is 4.74 Å². The topological polar surface area (TPSA) is 64.1 Å². The molecule has 0 aliphatic rings. The van der Waals surface area contributed by atoms with Gasteiger partial charge in [-0.1, -0.05) is 50.6 Å². The van der Waals surface area contributed by atoms with Crippen LogP contribution in [0.2, 0.25) is 0 Å². The van der Waals surface area contributed by atoms with Gasteiger partial charge in [-0.25, -0.2) is 4.79 Å². The number of nitrogens with zero attached hydrogens (tertiary/aromatic N) is 1. The van der Waals surface area contributed by atoms with Gasteiger partial charge in [0.15, 0.2) is 0 Å². The van der Waals surface area contributed by atoms with E-state index in [1.165, 1.54) is 44.6 Å². The van der Waals surface area contributed by atoms with Crippen molar-refractivity contribution in [2.45, 2.75) is 59.9 Å². The highest BCUT2D eigenvalue weighted by Crippen LogP contribution is 2.30. The number of rotatable bonds is 6. The summed E-state index contributed by atoms with van der Waals surface area (Å²) in [5.74, 6) is 0.821. The van der Waals surface area contributed by atoms with E-state index in [-0.39, 0.29) is 5.41 Å². The van der Waals surface area contributed by atoms with Crippen molar-refractivity contribution >= 4 is 0 Å². The first-order chi connectivity index (χ1) is 14.5. The number of aromatic amines is 1. The molecule has 0 radical (unpaired) electrons. The summed E-state index contributed by atoms with van der Waals surface area (Å²) < 4.78 is 7.51. The van der Waals surface area contributed by atoms with Crippen molar-refractivity contribution in [1.29, 1.82) is 0 Å². The molecule has 0 saturated heterocycles. The molecule has 1 aromatic heterocycles. The third kappa shape index (κ3) is 5.54. The van der Waals surface area contributed by atoms with Gasteiger partial charge in [-0.15, -0.1) is 0 Å². The highest BCUT2D eigenvalue weighted by molar-refractivity contribution is 5.46. The highest BCUT2D eigenvalue weighted by atomic mass is 16.5. The van der Waals surface area contributed by atoms with Crippen molar-refractivity contribution in [1.82, 2.24) is 9.55 Å². The quantitative estimate of drug-likeness (QED) is 0.642. The van der Waals surface area contributed by atoms with Crippen LogP contribution >= 0.6 is 0 Å². The summed E-state index contributed by atoms with van der Waals surface area (Å²) in [7, 11) is 0. The first kappa shape index (κ1) is 22.6. The Labute approximate surface area is 183 Å². The fourth-order valence-electron chi connectivity index (χ4n) is 3.62. The van der Waals surface area contributed by atoms with Crippen molar-refractivity contribution in [2.75, 3.05) is 6.61 Å². The molecule has 0 spiro atoms. The smallest absolute Gasteiger partial charge is 0.328 e. The van der Waals surface area contributed by atoms with Gasteiger partial charge in [-0.3, -0.25) is 14.3 Å². The second-order valence-corrected chi connectivity index (χ2v) is 9.27. The molecule has 0 aliphatic carbocycles. The van der Waals surface area contributed by atoms with Crippen LogP contribution in [-0.2, 0) is 18.4 Å². The minimum absolute atomic E-state index is 0.0864. The summed E-state index contributed by atoms with van der Waals surface area (Å²) in [4.78, 5) is 25.4. The van der Waals surface area contributed by atoms with Crippen LogP contribution in [0.1, 0.15) is 54.2 Å². The predicted molar refractivity (Wildman–Crippen MR) is 125 cm³/mol. The van der Waals surface area contributed by atoms with E-state index in [1.807, 2.05) is 12.1 Å². The molecule has 0 atom stereocenters. The van der Waals surface area contributed by atoms with Crippen LogP contribution in [0.25, 0.3) is 0 Å². The summed E-state index contributed by atoms with van der Waals surface area (Å²) in [5, 5.41) is 0. The van der Waals surface area contributed by atoms with Crippen molar-refractivity contribution in [3.8, 4) is 5.75 Å². The fourth-order valence-corrected chi connectivity index (χ4v) is 3.62. The normalized spacial score (nSPS) is 11.5. The molecule has 0 unspecified atom stereocenters. The van der Waals surface area contributed by atoms with Gasteiger partial charge in [0.1, 0.15) is 12.4 Å². The molecule has 0 aliphatic heterocycles. The number of hydrogen-bond acceptors (Lipinski definition) is 3. The van der Waals surface area contributed by atoms with Gasteiger partial charge in [0, 0.05) is 18.7 Å². The Bertz CT molecular complexity index is 1200. The van der Waals surface area contributed by atoms with E-state index in [1.54, 1.807) is 0 Å². The Morgan fingerprint density at radius 3 is 2.39 bits per heavy atom. The minimum atomic E-state index is -0.426. The van der Waals surface area contributed by atoms with Crippen LogP contribution in [0.3, 0.4) is 0 Å². The maximum absolute atomic E-state index is 11.9. The Hall–Kier alpha value is -3.08. The molecule has 164 valence electrons. The summed E-state index contributed by atoms with van der Waals surface area (Å²) in [6.07, 6.45) is 2.27. The maximum atomic E-state index is 11.9. The molecule has 0 amide bonds. The standard InChI is InChI=1S/C26H32N2O3/c1-17-7-8-23(31-12-11-28-10-9-24(29)27-25(28)30)21(13-17)15-20-16-22(26(4,5)6)14-18(2)19(20)3/h7-10,13-14,16H,11-12,15H2,1-6H3,(H,27,29,30). The first-order valence-corrected chi connectivity index (χ1v) is 10.7. The summed E-state index contributed by atoms with van der Waals surface area (Å²) in [6, 6.07) is 12.1. The Balaban J connectivity index is 1.84.